The molecule has 0 heterocycles. The fourth-order valence-corrected chi connectivity index (χ4v) is 1.42. The van der Waals surface area contributed by atoms with Crippen molar-refractivity contribution >= 4 is 17.6 Å². The number of carbonyl (C=O) groups is 2. The van der Waals surface area contributed by atoms with E-state index >= 15 is 0 Å². The smallest absolute Gasteiger partial charge is 0.330 e. The molecule has 0 aliphatic rings. The zero-order chi connectivity index (χ0) is 17.6. The maximum atomic E-state index is 13.6. The molecule has 0 saturated heterocycles. The van der Waals surface area contributed by atoms with Crippen LogP contribution in [-0.2, 0) is 9.53 Å². The molecular weight excluding hydrogens is 324 g/mol. The largest absolute Gasteiger partial charge is 0.461 e. The number of hydrogen-bond donors (Lipinski definition) is 1. The summed E-state index contributed by atoms with van der Waals surface area (Å²) in [6, 6.07) is 0. The van der Waals surface area contributed by atoms with Crippen molar-refractivity contribution in [2.45, 2.75) is 0 Å². The highest BCUT2D eigenvalue weighted by Gasteiger charge is 2.28. The predicted octanol–water partition coefficient (Wildman–Crippen LogP) is 2.64. The van der Waals surface area contributed by atoms with Crippen LogP contribution >= 0.6 is 0 Å². The Bertz CT molecular complexity index is 688. The number of carbonyl (C=O) groups excluding carboxylic acids is 2. The molecule has 1 aromatic rings. The molecule has 23 heavy (non-hydrogen) atoms. The second-order valence-electron chi connectivity index (χ2n) is 3.80. The molecule has 1 rings (SSSR count). The third-order valence-electron chi connectivity index (χ3n) is 2.41. The van der Waals surface area contributed by atoms with Crippen LogP contribution in [-0.4, -0.2) is 25.0 Å². The van der Waals surface area contributed by atoms with Crippen molar-refractivity contribution in [3.05, 3.63) is 51.9 Å². The number of hydrogen-bond acceptors (Lipinski definition) is 4. The minimum Gasteiger partial charge on any atom is -0.461 e. The van der Waals surface area contributed by atoms with Gasteiger partial charge in [-0.1, -0.05) is 11.7 Å². The van der Waals surface area contributed by atoms with Gasteiger partial charge in [-0.2, -0.15) is 0 Å². The number of ether oxygens (including phenoxy) is 1. The molecule has 0 bridgehead atoms. The average molecular weight is 332 g/mol. The summed E-state index contributed by atoms with van der Waals surface area (Å²) in [5.41, 5.74) is 5.03. The molecule has 0 spiro atoms. The number of nitrogens with one attached hydrogen (secondary N) is 1. The van der Waals surface area contributed by atoms with Crippen LogP contribution in [0.2, 0.25) is 0 Å². The Hall–Kier alpha value is -3.07. The maximum absolute atomic E-state index is 13.6. The van der Waals surface area contributed by atoms with Crippen LogP contribution in [0.1, 0.15) is 10.4 Å². The van der Waals surface area contributed by atoms with E-state index < -0.39 is 46.4 Å². The molecule has 1 amide bonds. The predicted molar refractivity (Wildman–Crippen MR) is 68.6 cm³/mol. The molecule has 0 aliphatic heterocycles. The molecule has 0 unspecified atom stereocenters. The van der Waals surface area contributed by atoms with Crippen molar-refractivity contribution in [2.75, 3.05) is 13.2 Å². The lowest BCUT2D eigenvalue weighted by Crippen LogP contribution is -2.30. The van der Waals surface area contributed by atoms with E-state index in [9.17, 15) is 27.2 Å². The lowest BCUT2D eigenvalue weighted by molar-refractivity contribution is -0.137. The summed E-state index contributed by atoms with van der Waals surface area (Å²) >= 11 is 0. The van der Waals surface area contributed by atoms with Crippen molar-refractivity contribution < 1.29 is 31.9 Å². The SMILES string of the molecule is C=CC(=O)OCCNC(=O)c1c(F)c(F)c(N=[N+]=[N-])c(F)c1F. The summed E-state index contributed by atoms with van der Waals surface area (Å²) in [5.74, 6) is -10.3. The molecule has 0 radical (unpaired) electrons. The Kier molecular flexibility index (Phi) is 6.10. The molecule has 11 heteroatoms. The van der Waals surface area contributed by atoms with E-state index in [1.807, 2.05) is 10.2 Å². The Balaban J connectivity index is 3.00. The molecule has 0 atom stereocenters. The highest BCUT2D eigenvalue weighted by Crippen LogP contribution is 2.30. The summed E-state index contributed by atoms with van der Waals surface area (Å²) in [4.78, 5) is 24.3. The van der Waals surface area contributed by atoms with Gasteiger partial charge in [0.25, 0.3) is 5.91 Å². The van der Waals surface area contributed by atoms with Gasteiger partial charge >= 0.3 is 5.97 Å². The molecule has 1 aromatic carbocycles. The van der Waals surface area contributed by atoms with Crippen molar-refractivity contribution in [1.82, 2.24) is 5.32 Å². The minimum atomic E-state index is -2.02. The summed E-state index contributed by atoms with van der Waals surface area (Å²) < 4.78 is 58.7. The van der Waals surface area contributed by atoms with Crippen molar-refractivity contribution in [3.8, 4) is 0 Å². The van der Waals surface area contributed by atoms with Crippen molar-refractivity contribution in [1.29, 1.82) is 0 Å². The Morgan fingerprint density at radius 3 is 2.26 bits per heavy atom. The number of esters is 1. The third kappa shape index (κ3) is 3.98. The quantitative estimate of drug-likeness (QED) is 0.126. The Morgan fingerprint density at radius 1 is 1.22 bits per heavy atom. The molecular formula is C12H8F4N4O3. The topological polar surface area (TPSA) is 104 Å². The van der Waals surface area contributed by atoms with Gasteiger partial charge in [-0.25, -0.2) is 22.4 Å². The van der Waals surface area contributed by atoms with Crippen LogP contribution < -0.4 is 5.32 Å². The molecule has 0 fully saturated rings. The summed E-state index contributed by atoms with van der Waals surface area (Å²) in [6.07, 6.45) is 0.848. The third-order valence-corrected chi connectivity index (χ3v) is 2.41. The van der Waals surface area contributed by atoms with E-state index in [0.29, 0.717) is 0 Å². The molecule has 0 aromatic heterocycles. The van der Waals surface area contributed by atoms with Gasteiger partial charge in [0.15, 0.2) is 23.3 Å². The number of benzene rings is 1. The number of amides is 1. The van der Waals surface area contributed by atoms with E-state index in [4.69, 9.17) is 5.53 Å². The molecule has 1 N–H and O–H groups in total. The second-order valence-corrected chi connectivity index (χ2v) is 3.80. The monoisotopic (exact) mass is 332 g/mol. The van der Waals surface area contributed by atoms with Crippen LogP contribution in [0.3, 0.4) is 0 Å². The van der Waals surface area contributed by atoms with E-state index in [1.54, 1.807) is 0 Å². The van der Waals surface area contributed by atoms with Crippen molar-refractivity contribution in [3.63, 3.8) is 0 Å². The number of halogens is 4. The van der Waals surface area contributed by atoms with Crippen molar-refractivity contribution in [2.24, 2.45) is 5.11 Å². The standard InChI is InChI=1S/C12H8F4N4O3/c1-2-5(21)23-4-3-18-12(22)6-7(13)9(15)11(19-20-17)10(16)8(6)14/h2H,1,3-4H2,(H,18,22). The first-order chi connectivity index (χ1) is 10.8. The van der Waals surface area contributed by atoms with Gasteiger partial charge in [-0.15, -0.1) is 0 Å². The Labute approximate surface area is 126 Å². The van der Waals surface area contributed by atoms with Crippen LogP contribution in [0.25, 0.3) is 10.4 Å². The molecule has 122 valence electrons. The van der Waals surface area contributed by atoms with Crippen LogP contribution in [0.4, 0.5) is 23.2 Å². The van der Waals surface area contributed by atoms with Crippen LogP contribution in [0.5, 0.6) is 0 Å². The van der Waals surface area contributed by atoms with E-state index in [0.717, 1.165) is 6.08 Å². The molecule has 0 saturated carbocycles. The van der Waals surface area contributed by atoms with Gasteiger partial charge in [0.2, 0.25) is 0 Å². The fourth-order valence-electron chi connectivity index (χ4n) is 1.42. The zero-order valence-electron chi connectivity index (χ0n) is 11.3. The van der Waals surface area contributed by atoms with Gasteiger partial charge in [-0.3, -0.25) is 4.79 Å². The minimum absolute atomic E-state index is 0.360. The average Bonchev–Trinajstić information content (AvgIpc) is 2.53. The summed E-state index contributed by atoms with van der Waals surface area (Å²) in [5, 5.41) is 4.38. The lowest BCUT2D eigenvalue weighted by atomic mass is 10.1. The molecule has 0 aliphatic carbocycles. The van der Waals surface area contributed by atoms with Gasteiger partial charge in [0.1, 0.15) is 17.9 Å². The van der Waals surface area contributed by atoms with E-state index in [-0.39, 0.29) is 13.2 Å². The van der Waals surface area contributed by atoms with E-state index in [1.165, 1.54) is 0 Å². The highest BCUT2D eigenvalue weighted by molar-refractivity contribution is 5.95. The first kappa shape index (κ1) is 18.0. The molecule has 7 nitrogen and oxygen atoms in total. The Morgan fingerprint density at radius 2 is 1.78 bits per heavy atom. The van der Waals surface area contributed by atoms with Crippen LogP contribution in [0.15, 0.2) is 17.8 Å². The number of azide groups is 1. The van der Waals surface area contributed by atoms with Gasteiger partial charge < -0.3 is 10.1 Å². The first-order valence-corrected chi connectivity index (χ1v) is 5.83. The van der Waals surface area contributed by atoms with Gasteiger partial charge in [-0.05, 0) is 5.53 Å². The highest BCUT2D eigenvalue weighted by atomic mass is 19.2. The first-order valence-electron chi connectivity index (χ1n) is 5.83. The number of rotatable bonds is 6. The summed E-state index contributed by atoms with van der Waals surface area (Å²) in [6.45, 7) is 2.37. The lowest BCUT2D eigenvalue weighted by Gasteiger charge is -2.10. The maximum Gasteiger partial charge on any atom is 0.330 e. The normalized spacial score (nSPS) is 9.74. The van der Waals surface area contributed by atoms with E-state index in [2.05, 4.69) is 16.4 Å². The zero-order valence-corrected chi connectivity index (χ0v) is 11.3. The van der Waals surface area contributed by atoms with Crippen LogP contribution in [0, 0.1) is 23.3 Å². The second kappa shape index (κ2) is 7.80. The summed E-state index contributed by atoms with van der Waals surface area (Å²) in [7, 11) is 0. The van der Waals surface area contributed by atoms with Gasteiger partial charge in [0, 0.05) is 11.0 Å². The number of nitrogens with zero attached hydrogens (tertiary/aromatic N) is 3. The van der Waals surface area contributed by atoms with Gasteiger partial charge in [0.05, 0.1) is 6.54 Å². The fraction of sp³-hybridized carbons (Fsp3) is 0.167.